The highest BCUT2D eigenvalue weighted by Gasteiger charge is 2.21. The Morgan fingerprint density at radius 2 is 2.10 bits per heavy atom. The molecule has 0 saturated carbocycles. The summed E-state index contributed by atoms with van der Waals surface area (Å²) < 4.78 is 5.40. The van der Waals surface area contributed by atoms with Gasteiger partial charge in [-0.1, -0.05) is 26.8 Å². The maximum atomic E-state index is 11.9. The summed E-state index contributed by atoms with van der Waals surface area (Å²) in [6.45, 7) is 7.03. The van der Waals surface area contributed by atoms with Crippen LogP contribution in [0.15, 0.2) is 24.3 Å². The Bertz CT molecular complexity index is 510. The summed E-state index contributed by atoms with van der Waals surface area (Å²) >= 11 is 0. The highest BCUT2D eigenvalue weighted by Crippen LogP contribution is 2.21. The van der Waals surface area contributed by atoms with E-state index in [0.717, 1.165) is 0 Å². The second kappa shape index (κ2) is 6.92. The Morgan fingerprint density at radius 1 is 1.43 bits per heavy atom. The summed E-state index contributed by atoms with van der Waals surface area (Å²) in [5, 5.41) is 12.1. The molecule has 1 unspecified atom stereocenters. The zero-order chi connectivity index (χ0) is 16.0. The number of carbonyl (C=O) groups excluding carboxylic acids is 1. The minimum Gasteiger partial charge on any atom is -0.491 e. The fourth-order valence-corrected chi connectivity index (χ4v) is 1.37. The van der Waals surface area contributed by atoms with Gasteiger partial charge in [0.1, 0.15) is 18.5 Å². The standard InChI is InChI=1S/C14H20N2O5/c1-10(21-16(18)19)9-20-12-7-5-6-11(8-12)15-13(17)14(2,3)4/h5-8,10H,9H2,1-4H3,(H,15,17). The molecule has 1 atom stereocenters. The number of anilines is 1. The molecule has 0 aliphatic rings. The van der Waals surface area contributed by atoms with Crippen molar-refractivity contribution >= 4 is 11.6 Å². The van der Waals surface area contributed by atoms with Crippen LogP contribution in [0.25, 0.3) is 0 Å². The smallest absolute Gasteiger partial charge is 0.294 e. The average molecular weight is 296 g/mol. The number of rotatable bonds is 6. The van der Waals surface area contributed by atoms with Crippen molar-refractivity contribution in [2.75, 3.05) is 11.9 Å². The minimum absolute atomic E-state index is 0.0393. The van der Waals surface area contributed by atoms with Crippen LogP contribution in [0.1, 0.15) is 27.7 Å². The molecular formula is C14H20N2O5. The van der Waals surface area contributed by atoms with Crippen molar-refractivity contribution in [1.82, 2.24) is 0 Å². The van der Waals surface area contributed by atoms with Gasteiger partial charge in [0.15, 0.2) is 0 Å². The maximum absolute atomic E-state index is 11.9. The molecular weight excluding hydrogens is 276 g/mol. The van der Waals surface area contributed by atoms with Gasteiger partial charge in [-0.05, 0) is 19.1 Å². The van der Waals surface area contributed by atoms with Crippen molar-refractivity contribution in [3.63, 3.8) is 0 Å². The van der Waals surface area contributed by atoms with Crippen LogP contribution in [-0.2, 0) is 9.63 Å². The molecule has 0 heterocycles. The van der Waals surface area contributed by atoms with Crippen LogP contribution in [0.5, 0.6) is 5.75 Å². The lowest BCUT2D eigenvalue weighted by molar-refractivity contribution is -0.767. The van der Waals surface area contributed by atoms with E-state index in [1.165, 1.54) is 6.92 Å². The van der Waals surface area contributed by atoms with Crippen molar-refractivity contribution in [2.45, 2.75) is 33.8 Å². The summed E-state index contributed by atoms with van der Waals surface area (Å²) in [4.78, 5) is 26.4. The number of amides is 1. The fraction of sp³-hybridized carbons (Fsp3) is 0.500. The predicted molar refractivity (Wildman–Crippen MR) is 77.6 cm³/mol. The molecule has 0 aromatic heterocycles. The fourth-order valence-electron chi connectivity index (χ4n) is 1.37. The molecule has 1 aromatic rings. The number of hydrogen-bond donors (Lipinski definition) is 1. The van der Waals surface area contributed by atoms with Crippen molar-refractivity contribution < 1.29 is 19.5 Å². The molecule has 0 radical (unpaired) electrons. The molecule has 1 N–H and O–H groups in total. The van der Waals surface area contributed by atoms with Gasteiger partial charge >= 0.3 is 0 Å². The van der Waals surface area contributed by atoms with Crippen LogP contribution in [0.4, 0.5) is 5.69 Å². The third-order valence-corrected chi connectivity index (χ3v) is 2.52. The van der Waals surface area contributed by atoms with Gasteiger partial charge in [-0.15, -0.1) is 10.1 Å². The zero-order valence-corrected chi connectivity index (χ0v) is 12.6. The first-order valence-electron chi connectivity index (χ1n) is 6.54. The lowest BCUT2D eigenvalue weighted by atomic mass is 9.95. The molecule has 7 heteroatoms. The number of nitrogens with one attached hydrogen (secondary N) is 1. The number of nitrogens with zero attached hydrogens (tertiary/aromatic N) is 1. The number of benzene rings is 1. The first-order valence-corrected chi connectivity index (χ1v) is 6.54. The summed E-state index contributed by atoms with van der Waals surface area (Å²) in [5.41, 5.74) is 0.112. The van der Waals surface area contributed by atoms with Crippen LogP contribution in [0, 0.1) is 15.5 Å². The third-order valence-electron chi connectivity index (χ3n) is 2.52. The second-order valence-corrected chi connectivity index (χ2v) is 5.68. The molecule has 7 nitrogen and oxygen atoms in total. The highest BCUT2D eigenvalue weighted by atomic mass is 17.0. The zero-order valence-electron chi connectivity index (χ0n) is 12.6. The molecule has 0 aliphatic carbocycles. The summed E-state index contributed by atoms with van der Waals surface area (Å²) in [5.74, 6) is 0.394. The van der Waals surface area contributed by atoms with Gasteiger partial charge in [-0.2, -0.15) is 0 Å². The van der Waals surface area contributed by atoms with E-state index in [4.69, 9.17) is 4.74 Å². The van der Waals surface area contributed by atoms with Crippen molar-refractivity contribution in [3.05, 3.63) is 34.4 Å². The summed E-state index contributed by atoms with van der Waals surface area (Å²) in [7, 11) is 0. The first kappa shape index (κ1) is 16.7. The molecule has 0 saturated heterocycles. The Morgan fingerprint density at radius 3 is 2.67 bits per heavy atom. The molecule has 116 valence electrons. The van der Waals surface area contributed by atoms with E-state index in [1.54, 1.807) is 24.3 Å². The molecule has 0 spiro atoms. The van der Waals surface area contributed by atoms with E-state index in [9.17, 15) is 14.9 Å². The number of hydrogen-bond acceptors (Lipinski definition) is 5. The Balaban J connectivity index is 2.60. The normalized spacial score (nSPS) is 12.4. The van der Waals surface area contributed by atoms with Crippen LogP contribution >= 0.6 is 0 Å². The lowest BCUT2D eigenvalue weighted by Gasteiger charge is -2.18. The van der Waals surface area contributed by atoms with Gasteiger partial charge in [0, 0.05) is 17.2 Å². The van der Waals surface area contributed by atoms with Gasteiger partial charge in [0.05, 0.1) is 0 Å². The van der Waals surface area contributed by atoms with Crippen LogP contribution in [0.2, 0.25) is 0 Å². The second-order valence-electron chi connectivity index (χ2n) is 5.68. The highest BCUT2D eigenvalue weighted by molar-refractivity contribution is 5.94. The van der Waals surface area contributed by atoms with Crippen molar-refractivity contribution in [1.29, 1.82) is 0 Å². The van der Waals surface area contributed by atoms with Gasteiger partial charge < -0.3 is 14.9 Å². The molecule has 0 aliphatic heterocycles. The van der Waals surface area contributed by atoms with E-state index in [2.05, 4.69) is 10.2 Å². The Kier molecular flexibility index (Phi) is 5.52. The van der Waals surface area contributed by atoms with Crippen LogP contribution in [-0.4, -0.2) is 23.7 Å². The lowest BCUT2D eigenvalue weighted by Crippen LogP contribution is -2.27. The monoisotopic (exact) mass is 296 g/mol. The van der Waals surface area contributed by atoms with Crippen molar-refractivity contribution in [2.24, 2.45) is 5.41 Å². The summed E-state index contributed by atoms with van der Waals surface area (Å²) in [6.07, 6.45) is -0.673. The Hall–Kier alpha value is -2.31. The van der Waals surface area contributed by atoms with Gasteiger partial charge in [0.25, 0.3) is 5.09 Å². The first-order chi connectivity index (χ1) is 9.68. The maximum Gasteiger partial charge on any atom is 0.294 e. The van der Waals surface area contributed by atoms with E-state index in [0.29, 0.717) is 11.4 Å². The molecule has 1 rings (SSSR count). The minimum atomic E-state index is -0.853. The van der Waals surface area contributed by atoms with E-state index < -0.39 is 16.6 Å². The van der Waals surface area contributed by atoms with Gasteiger partial charge in [0.2, 0.25) is 5.91 Å². The van der Waals surface area contributed by atoms with Gasteiger partial charge in [-0.3, -0.25) is 4.79 Å². The topological polar surface area (TPSA) is 90.7 Å². The van der Waals surface area contributed by atoms with Crippen molar-refractivity contribution in [3.8, 4) is 5.75 Å². The molecule has 0 bridgehead atoms. The SMILES string of the molecule is CC(COc1cccc(NC(=O)C(C)(C)C)c1)O[N+](=O)[O-]. The van der Waals surface area contributed by atoms with Gasteiger partial charge in [-0.25, -0.2) is 0 Å². The van der Waals surface area contributed by atoms with Crippen LogP contribution in [0.3, 0.4) is 0 Å². The van der Waals surface area contributed by atoms with Crippen LogP contribution < -0.4 is 10.1 Å². The number of carbonyl (C=O) groups is 1. The molecule has 0 fully saturated rings. The van der Waals surface area contributed by atoms with E-state index in [1.807, 2.05) is 20.8 Å². The van der Waals surface area contributed by atoms with E-state index in [-0.39, 0.29) is 12.5 Å². The number of ether oxygens (including phenoxy) is 1. The average Bonchev–Trinajstić information content (AvgIpc) is 2.35. The summed E-state index contributed by atoms with van der Waals surface area (Å²) in [6, 6.07) is 6.83. The van der Waals surface area contributed by atoms with E-state index >= 15 is 0 Å². The largest absolute Gasteiger partial charge is 0.491 e. The molecule has 1 amide bonds. The third kappa shape index (κ3) is 6.11. The molecule has 21 heavy (non-hydrogen) atoms. The Labute approximate surface area is 123 Å². The molecule has 1 aromatic carbocycles. The quantitative estimate of drug-likeness (QED) is 0.643. The predicted octanol–water partition coefficient (Wildman–Crippen LogP) is 2.65.